The molecule has 25 heavy (non-hydrogen) atoms. The molecule has 2 unspecified atom stereocenters. The third-order valence-corrected chi connectivity index (χ3v) is 5.25. The van der Waals surface area contributed by atoms with Gasteiger partial charge in [0.05, 0.1) is 5.41 Å². The minimum atomic E-state index is -1.43. The lowest BCUT2D eigenvalue weighted by Gasteiger charge is -2.46. The SMILES string of the molecule is C=C1C(=C)C(=C)C(C(C)=O)(c2c(C)cc(C)cc2C)C(C(=O)O)C1=C. The number of ketones is 1. The molecule has 0 aromatic heterocycles. The van der Waals surface area contributed by atoms with Gasteiger partial charge in [0.25, 0.3) is 0 Å². The van der Waals surface area contributed by atoms with Gasteiger partial charge in [-0.05, 0) is 66.7 Å². The molecule has 1 aromatic carbocycles. The molecule has 0 radical (unpaired) electrons. The summed E-state index contributed by atoms with van der Waals surface area (Å²) >= 11 is 0. The standard InChI is InChI=1S/C22H24O3/c1-11-9-12(2)19(13(3)10-11)22(18(8)23)17(7)15(5)14(4)16(6)20(22)21(24)25/h9-10,20H,4-7H2,1-3,8H3,(H,24,25). The number of hydrogen-bond donors (Lipinski definition) is 1. The smallest absolute Gasteiger partial charge is 0.312 e. The van der Waals surface area contributed by atoms with Crippen molar-refractivity contribution < 1.29 is 14.7 Å². The van der Waals surface area contributed by atoms with Gasteiger partial charge in [-0.15, -0.1) is 0 Å². The monoisotopic (exact) mass is 336 g/mol. The van der Waals surface area contributed by atoms with Gasteiger partial charge >= 0.3 is 5.97 Å². The van der Waals surface area contributed by atoms with Crippen LogP contribution in [-0.4, -0.2) is 16.9 Å². The van der Waals surface area contributed by atoms with E-state index in [0.717, 1.165) is 16.7 Å². The summed E-state index contributed by atoms with van der Waals surface area (Å²) in [6, 6.07) is 3.91. The molecular formula is C22H24O3. The molecule has 3 heteroatoms. The van der Waals surface area contributed by atoms with Crippen LogP contribution in [0.1, 0.15) is 29.2 Å². The molecule has 0 aliphatic heterocycles. The quantitative estimate of drug-likeness (QED) is 0.891. The van der Waals surface area contributed by atoms with E-state index in [2.05, 4.69) is 26.3 Å². The zero-order valence-corrected chi connectivity index (χ0v) is 15.3. The van der Waals surface area contributed by atoms with Crippen LogP contribution in [0.4, 0.5) is 0 Å². The van der Waals surface area contributed by atoms with Crippen molar-refractivity contribution in [2.45, 2.75) is 33.1 Å². The molecule has 2 atom stereocenters. The highest BCUT2D eigenvalue weighted by Crippen LogP contribution is 2.54. The predicted molar refractivity (Wildman–Crippen MR) is 101 cm³/mol. The Morgan fingerprint density at radius 2 is 1.48 bits per heavy atom. The normalized spacial score (nSPS) is 23.8. The van der Waals surface area contributed by atoms with Gasteiger partial charge < -0.3 is 5.11 Å². The summed E-state index contributed by atoms with van der Waals surface area (Å²) in [6.45, 7) is 23.1. The van der Waals surface area contributed by atoms with Gasteiger partial charge in [-0.3, -0.25) is 9.59 Å². The molecule has 0 bridgehead atoms. The molecule has 1 saturated carbocycles. The Balaban J connectivity index is 3.03. The van der Waals surface area contributed by atoms with Gasteiger partial charge in [-0.25, -0.2) is 0 Å². The Bertz CT molecular complexity index is 846. The first-order valence-corrected chi connectivity index (χ1v) is 8.07. The van der Waals surface area contributed by atoms with E-state index in [1.807, 2.05) is 32.9 Å². The Morgan fingerprint density at radius 3 is 1.88 bits per heavy atom. The fourth-order valence-electron chi connectivity index (χ4n) is 4.25. The van der Waals surface area contributed by atoms with E-state index < -0.39 is 17.3 Å². The maximum Gasteiger partial charge on any atom is 0.312 e. The van der Waals surface area contributed by atoms with Gasteiger partial charge in [0.2, 0.25) is 0 Å². The van der Waals surface area contributed by atoms with Crippen molar-refractivity contribution in [1.82, 2.24) is 0 Å². The molecule has 3 nitrogen and oxygen atoms in total. The summed E-state index contributed by atoms with van der Waals surface area (Å²) in [5.74, 6) is -2.56. The number of aryl methyl sites for hydroxylation is 3. The van der Waals surface area contributed by atoms with Crippen LogP contribution in [0.15, 0.2) is 60.7 Å². The predicted octanol–water partition coefficient (Wildman–Crippen LogP) is 4.38. The number of carboxylic acids is 1. The van der Waals surface area contributed by atoms with Crippen molar-refractivity contribution in [3.05, 3.63) is 83.0 Å². The zero-order valence-electron chi connectivity index (χ0n) is 15.3. The highest BCUT2D eigenvalue weighted by atomic mass is 16.4. The first-order chi connectivity index (χ1) is 11.5. The van der Waals surface area contributed by atoms with Gasteiger partial charge in [0.15, 0.2) is 0 Å². The number of rotatable bonds is 3. The topological polar surface area (TPSA) is 54.4 Å². The van der Waals surface area contributed by atoms with Crippen molar-refractivity contribution in [2.24, 2.45) is 5.92 Å². The Labute approximate surface area is 149 Å². The van der Waals surface area contributed by atoms with Crippen LogP contribution in [0.25, 0.3) is 0 Å². The first-order valence-electron chi connectivity index (χ1n) is 8.07. The fraction of sp³-hybridized carbons (Fsp3) is 0.273. The fourth-order valence-corrected chi connectivity index (χ4v) is 4.25. The summed E-state index contributed by atoms with van der Waals surface area (Å²) in [6.07, 6.45) is 0. The Hall–Kier alpha value is -2.68. The molecule has 0 spiro atoms. The highest BCUT2D eigenvalue weighted by Gasteiger charge is 2.56. The van der Waals surface area contributed by atoms with E-state index in [4.69, 9.17) is 0 Å². The molecule has 1 aliphatic carbocycles. The molecule has 0 amide bonds. The third-order valence-electron chi connectivity index (χ3n) is 5.25. The molecule has 130 valence electrons. The lowest BCUT2D eigenvalue weighted by Crippen LogP contribution is -2.51. The molecule has 1 N–H and O–H groups in total. The summed E-state index contributed by atoms with van der Waals surface area (Å²) in [5, 5.41) is 9.99. The number of carbonyl (C=O) groups excluding carboxylic acids is 1. The highest BCUT2D eigenvalue weighted by molar-refractivity contribution is 6.02. The molecule has 2 rings (SSSR count). The van der Waals surface area contributed by atoms with Crippen molar-refractivity contribution in [1.29, 1.82) is 0 Å². The van der Waals surface area contributed by atoms with Crippen LogP contribution in [0.2, 0.25) is 0 Å². The van der Waals surface area contributed by atoms with E-state index in [1.165, 1.54) is 6.92 Å². The molecular weight excluding hydrogens is 312 g/mol. The second-order valence-corrected chi connectivity index (χ2v) is 6.87. The number of Topliss-reactive ketones (excluding diaryl/α,β-unsaturated/α-hetero) is 1. The molecule has 0 saturated heterocycles. The van der Waals surface area contributed by atoms with Crippen molar-refractivity contribution in [2.75, 3.05) is 0 Å². The summed E-state index contributed by atoms with van der Waals surface area (Å²) < 4.78 is 0. The van der Waals surface area contributed by atoms with Gasteiger partial charge in [0, 0.05) is 0 Å². The van der Waals surface area contributed by atoms with E-state index in [-0.39, 0.29) is 5.78 Å². The number of allylic oxidation sites excluding steroid dienone is 3. The lowest BCUT2D eigenvalue weighted by atomic mass is 9.53. The van der Waals surface area contributed by atoms with Crippen LogP contribution in [0, 0.1) is 26.7 Å². The van der Waals surface area contributed by atoms with Gasteiger partial charge in [0.1, 0.15) is 11.7 Å². The Morgan fingerprint density at radius 1 is 1.00 bits per heavy atom. The molecule has 1 aromatic rings. The lowest BCUT2D eigenvalue weighted by molar-refractivity contribution is -0.145. The number of carbonyl (C=O) groups is 2. The summed E-state index contributed by atoms with van der Waals surface area (Å²) in [4.78, 5) is 25.2. The van der Waals surface area contributed by atoms with Crippen molar-refractivity contribution in [3.8, 4) is 0 Å². The summed E-state index contributed by atoms with van der Waals surface area (Å²) in [5.41, 5.74) is 3.63. The number of carboxylic acid groups (broad SMARTS) is 1. The number of benzene rings is 1. The first kappa shape index (κ1) is 18.7. The minimum Gasteiger partial charge on any atom is -0.481 e. The summed E-state index contributed by atoms with van der Waals surface area (Å²) in [7, 11) is 0. The number of aliphatic carboxylic acids is 1. The maximum absolute atomic E-state index is 13.0. The van der Waals surface area contributed by atoms with Crippen LogP contribution >= 0.6 is 0 Å². The van der Waals surface area contributed by atoms with Gasteiger partial charge in [-0.2, -0.15) is 0 Å². The van der Waals surface area contributed by atoms with E-state index in [9.17, 15) is 14.7 Å². The minimum absolute atomic E-state index is 0.283. The van der Waals surface area contributed by atoms with Crippen LogP contribution in [0.3, 0.4) is 0 Å². The van der Waals surface area contributed by atoms with E-state index in [0.29, 0.717) is 27.9 Å². The Kier molecular flexibility index (Phi) is 4.47. The molecule has 1 aliphatic rings. The zero-order chi connectivity index (χ0) is 19.3. The van der Waals surface area contributed by atoms with E-state index in [1.54, 1.807) is 0 Å². The average Bonchev–Trinajstić information content (AvgIpc) is 2.48. The van der Waals surface area contributed by atoms with Crippen LogP contribution in [0.5, 0.6) is 0 Å². The number of hydrogen-bond acceptors (Lipinski definition) is 2. The van der Waals surface area contributed by atoms with Crippen molar-refractivity contribution >= 4 is 11.8 Å². The van der Waals surface area contributed by atoms with Gasteiger partial charge in [-0.1, -0.05) is 44.0 Å². The average molecular weight is 336 g/mol. The van der Waals surface area contributed by atoms with Crippen LogP contribution in [-0.2, 0) is 15.0 Å². The molecule has 1 fully saturated rings. The second kappa shape index (κ2) is 5.99. The van der Waals surface area contributed by atoms with E-state index >= 15 is 0 Å². The van der Waals surface area contributed by atoms with Crippen LogP contribution < -0.4 is 0 Å². The molecule has 0 heterocycles. The third kappa shape index (κ3) is 2.42. The largest absolute Gasteiger partial charge is 0.481 e. The maximum atomic E-state index is 13.0. The van der Waals surface area contributed by atoms with Crippen molar-refractivity contribution in [3.63, 3.8) is 0 Å². The second-order valence-electron chi connectivity index (χ2n) is 6.87.